The fraction of sp³-hybridized carbons (Fsp3) is 0.538. The molecule has 0 fully saturated rings. The Morgan fingerprint density at radius 1 is 1.33 bits per heavy atom. The second kappa shape index (κ2) is 5.25. The van der Waals surface area contributed by atoms with Gasteiger partial charge in [0, 0.05) is 38.1 Å². The van der Waals surface area contributed by atoms with E-state index >= 15 is 0 Å². The van der Waals surface area contributed by atoms with E-state index in [4.69, 9.17) is 0 Å². The first-order chi connectivity index (χ1) is 8.54. The van der Waals surface area contributed by atoms with Crippen molar-refractivity contribution in [3.05, 3.63) is 29.8 Å². The standard InChI is InChI=1S/C13H21N5/c1-10(2)7-18-9-13(11(3)16-18)14-5-12-6-15-17(4)8-12/h6,8-10,14H,5,7H2,1-4H3. The van der Waals surface area contributed by atoms with Gasteiger partial charge in [0.15, 0.2) is 0 Å². The molecular weight excluding hydrogens is 226 g/mol. The SMILES string of the molecule is Cc1nn(CC(C)C)cc1NCc1cnn(C)c1. The highest BCUT2D eigenvalue weighted by Crippen LogP contribution is 2.14. The van der Waals surface area contributed by atoms with Crippen molar-refractivity contribution in [2.75, 3.05) is 5.32 Å². The topological polar surface area (TPSA) is 47.7 Å². The Bertz CT molecular complexity index is 509. The van der Waals surface area contributed by atoms with E-state index in [-0.39, 0.29) is 0 Å². The van der Waals surface area contributed by atoms with Crippen molar-refractivity contribution >= 4 is 5.69 Å². The molecule has 0 amide bonds. The number of nitrogens with zero attached hydrogens (tertiary/aromatic N) is 4. The van der Waals surface area contributed by atoms with Crippen LogP contribution in [0.25, 0.3) is 0 Å². The van der Waals surface area contributed by atoms with Gasteiger partial charge in [0.2, 0.25) is 0 Å². The number of aryl methyl sites for hydroxylation is 2. The molecule has 0 radical (unpaired) electrons. The maximum absolute atomic E-state index is 4.50. The van der Waals surface area contributed by atoms with Crippen molar-refractivity contribution in [3.63, 3.8) is 0 Å². The molecule has 18 heavy (non-hydrogen) atoms. The molecule has 0 aliphatic carbocycles. The van der Waals surface area contributed by atoms with Crippen LogP contribution in [-0.2, 0) is 20.1 Å². The first-order valence-electron chi connectivity index (χ1n) is 6.30. The Morgan fingerprint density at radius 2 is 2.11 bits per heavy atom. The third-order valence-corrected chi connectivity index (χ3v) is 2.74. The summed E-state index contributed by atoms with van der Waals surface area (Å²) in [5, 5.41) is 12.1. The average molecular weight is 247 g/mol. The summed E-state index contributed by atoms with van der Waals surface area (Å²) in [5.41, 5.74) is 3.31. The average Bonchev–Trinajstić information content (AvgIpc) is 2.82. The molecule has 5 nitrogen and oxygen atoms in total. The van der Waals surface area contributed by atoms with Gasteiger partial charge in [0.25, 0.3) is 0 Å². The van der Waals surface area contributed by atoms with Crippen LogP contribution < -0.4 is 5.32 Å². The summed E-state index contributed by atoms with van der Waals surface area (Å²) in [5.74, 6) is 0.607. The van der Waals surface area contributed by atoms with E-state index in [1.165, 1.54) is 5.56 Å². The number of aromatic nitrogens is 4. The van der Waals surface area contributed by atoms with Crippen LogP contribution in [-0.4, -0.2) is 19.6 Å². The van der Waals surface area contributed by atoms with Gasteiger partial charge in [-0.3, -0.25) is 9.36 Å². The first-order valence-corrected chi connectivity index (χ1v) is 6.30. The highest BCUT2D eigenvalue weighted by atomic mass is 15.3. The Labute approximate surface area is 108 Å². The minimum absolute atomic E-state index is 0.607. The number of hydrogen-bond donors (Lipinski definition) is 1. The normalized spacial score (nSPS) is 11.2. The molecule has 2 aromatic rings. The lowest BCUT2D eigenvalue weighted by Gasteiger charge is -2.03. The molecule has 1 N–H and O–H groups in total. The van der Waals surface area contributed by atoms with E-state index in [9.17, 15) is 0 Å². The van der Waals surface area contributed by atoms with Gasteiger partial charge in [-0.15, -0.1) is 0 Å². The lowest BCUT2D eigenvalue weighted by molar-refractivity contribution is 0.481. The summed E-state index contributed by atoms with van der Waals surface area (Å²) in [4.78, 5) is 0. The molecule has 98 valence electrons. The van der Waals surface area contributed by atoms with Crippen LogP contribution >= 0.6 is 0 Å². The van der Waals surface area contributed by atoms with Crippen molar-refractivity contribution < 1.29 is 0 Å². The Hall–Kier alpha value is -1.78. The van der Waals surface area contributed by atoms with Gasteiger partial charge < -0.3 is 5.32 Å². The fourth-order valence-electron chi connectivity index (χ4n) is 1.92. The second-order valence-corrected chi connectivity index (χ2v) is 5.12. The summed E-state index contributed by atoms with van der Waals surface area (Å²) < 4.78 is 3.82. The third-order valence-electron chi connectivity index (χ3n) is 2.74. The van der Waals surface area contributed by atoms with Gasteiger partial charge in [0.05, 0.1) is 17.6 Å². The summed E-state index contributed by atoms with van der Waals surface area (Å²) in [6.07, 6.45) is 5.97. The molecular formula is C13H21N5. The second-order valence-electron chi connectivity index (χ2n) is 5.12. The first kappa shape index (κ1) is 12.7. The van der Waals surface area contributed by atoms with Gasteiger partial charge in [-0.05, 0) is 12.8 Å². The monoisotopic (exact) mass is 247 g/mol. The number of hydrogen-bond acceptors (Lipinski definition) is 3. The predicted molar refractivity (Wildman–Crippen MR) is 72.3 cm³/mol. The molecule has 0 aliphatic heterocycles. The molecule has 0 saturated carbocycles. The number of rotatable bonds is 5. The summed E-state index contributed by atoms with van der Waals surface area (Å²) in [7, 11) is 1.93. The summed E-state index contributed by atoms with van der Waals surface area (Å²) >= 11 is 0. The van der Waals surface area contributed by atoms with Gasteiger partial charge in [-0.2, -0.15) is 10.2 Å². The van der Waals surface area contributed by atoms with Gasteiger partial charge in [-0.25, -0.2) is 0 Å². The zero-order valence-corrected chi connectivity index (χ0v) is 11.5. The van der Waals surface area contributed by atoms with Crippen molar-refractivity contribution in [2.45, 2.75) is 33.9 Å². The Kier molecular flexibility index (Phi) is 3.69. The number of anilines is 1. The van der Waals surface area contributed by atoms with Crippen LogP contribution in [0.15, 0.2) is 18.6 Å². The van der Waals surface area contributed by atoms with Crippen molar-refractivity contribution in [3.8, 4) is 0 Å². The Balaban J connectivity index is 1.98. The fourth-order valence-corrected chi connectivity index (χ4v) is 1.92. The summed E-state index contributed by atoms with van der Waals surface area (Å²) in [6, 6.07) is 0. The quantitative estimate of drug-likeness (QED) is 0.881. The number of nitrogens with one attached hydrogen (secondary N) is 1. The third kappa shape index (κ3) is 3.12. The lowest BCUT2D eigenvalue weighted by Crippen LogP contribution is -2.04. The van der Waals surface area contributed by atoms with Crippen molar-refractivity contribution in [1.82, 2.24) is 19.6 Å². The highest BCUT2D eigenvalue weighted by molar-refractivity contribution is 5.45. The minimum atomic E-state index is 0.607. The van der Waals surface area contributed by atoms with E-state index < -0.39 is 0 Å². The van der Waals surface area contributed by atoms with Gasteiger partial charge in [-0.1, -0.05) is 13.8 Å². The van der Waals surface area contributed by atoms with Crippen LogP contribution in [0.3, 0.4) is 0 Å². The van der Waals surface area contributed by atoms with Crippen LogP contribution in [0.5, 0.6) is 0 Å². The molecule has 2 rings (SSSR count). The van der Waals surface area contributed by atoms with E-state index in [1.54, 1.807) is 0 Å². The molecule has 0 aromatic carbocycles. The maximum Gasteiger partial charge on any atom is 0.0825 e. The van der Waals surface area contributed by atoms with Gasteiger partial charge >= 0.3 is 0 Å². The maximum atomic E-state index is 4.50. The van der Waals surface area contributed by atoms with Crippen molar-refractivity contribution in [2.24, 2.45) is 13.0 Å². The zero-order valence-electron chi connectivity index (χ0n) is 11.5. The van der Waals surface area contributed by atoms with Crippen LogP contribution in [0, 0.1) is 12.8 Å². The van der Waals surface area contributed by atoms with Crippen molar-refractivity contribution in [1.29, 1.82) is 0 Å². The predicted octanol–water partition coefficient (Wildman–Crippen LogP) is 2.19. The molecule has 2 heterocycles. The van der Waals surface area contributed by atoms with Crippen LogP contribution in [0.1, 0.15) is 25.1 Å². The molecule has 0 bridgehead atoms. The smallest absolute Gasteiger partial charge is 0.0825 e. The van der Waals surface area contributed by atoms with Crippen LogP contribution in [0.2, 0.25) is 0 Å². The molecule has 0 aliphatic rings. The van der Waals surface area contributed by atoms with Gasteiger partial charge in [0.1, 0.15) is 0 Å². The lowest BCUT2D eigenvalue weighted by atomic mass is 10.2. The van der Waals surface area contributed by atoms with Crippen LogP contribution in [0.4, 0.5) is 5.69 Å². The Morgan fingerprint density at radius 3 is 2.72 bits per heavy atom. The molecule has 2 aromatic heterocycles. The molecule has 0 atom stereocenters. The molecule has 0 unspecified atom stereocenters. The zero-order chi connectivity index (χ0) is 13.1. The summed E-state index contributed by atoms with van der Waals surface area (Å²) in [6.45, 7) is 8.15. The van der Waals surface area contributed by atoms with E-state index in [1.807, 2.05) is 35.7 Å². The minimum Gasteiger partial charge on any atom is -0.378 e. The van der Waals surface area contributed by atoms with E-state index in [0.717, 1.165) is 24.5 Å². The molecule has 0 spiro atoms. The molecule has 5 heteroatoms. The highest BCUT2D eigenvalue weighted by Gasteiger charge is 2.06. The molecule has 0 saturated heterocycles. The van der Waals surface area contributed by atoms with E-state index in [0.29, 0.717) is 5.92 Å². The largest absolute Gasteiger partial charge is 0.378 e. The van der Waals surface area contributed by atoms with E-state index in [2.05, 4.69) is 35.6 Å².